The van der Waals surface area contributed by atoms with Crippen LogP contribution < -0.4 is 0 Å². The highest BCUT2D eigenvalue weighted by atomic mass is 16.7. The van der Waals surface area contributed by atoms with E-state index in [9.17, 15) is 14.4 Å². The predicted octanol–water partition coefficient (Wildman–Crippen LogP) is 5.37. The molecular formula is C33H48O8. The number of carbonyl (C=O) groups is 3. The minimum Gasteiger partial charge on any atom is -0.462 e. The van der Waals surface area contributed by atoms with E-state index < -0.39 is 24.0 Å². The summed E-state index contributed by atoms with van der Waals surface area (Å²) >= 11 is 0. The van der Waals surface area contributed by atoms with Crippen LogP contribution in [-0.4, -0.2) is 54.7 Å². The molecule has 0 bridgehead atoms. The maximum absolute atomic E-state index is 12.4. The first kappa shape index (κ1) is 29.2. The lowest BCUT2D eigenvalue weighted by molar-refractivity contribution is -0.258. The van der Waals surface area contributed by atoms with Crippen molar-refractivity contribution in [1.82, 2.24) is 0 Å². The molecule has 0 aromatic rings. The first-order valence-corrected chi connectivity index (χ1v) is 15.8. The highest BCUT2D eigenvalue weighted by Crippen LogP contribution is 2.71. The average Bonchev–Trinajstić information content (AvgIpc) is 3.31. The van der Waals surface area contributed by atoms with Gasteiger partial charge in [0.1, 0.15) is 18.3 Å². The third-order valence-corrected chi connectivity index (χ3v) is 12.6. The van der Waals surface area contributed by atoms with Crippen molar-refractivity contribution in [2.45, 2.75) is 123 Å². The molecule has 228 valence electrons. The molecule has 6 fully saturated rings. The van der Waals surface area contributed by atoms with Crippen LogP contribution in [0.3, 0.4) is 0 Å². The number of esters is 3. The standard InChI is InChI=1S/C33H48O8/c1-17-8-11-33(37-16-17)18(2)30-28(41-33)13-24-22-12-26(38-19(3)34)25-14-27(39-20(4)35)29(40-21(5)36)15-32(25,7)23(22)9-10-31(24,30)6/h18,22-30H,1,8-16H2,2-7H3/t18-,22+,23-,24-,25+,26+,27+,28-,29+,30-,31-,32+,33+/m0/s1. The Morgan fingerprint density at radius 3 is 2.12 bits per heavy atom. The molecular weight excluding hydrogens is 524 g/mol. The van der Waals surface area contributed by atoms with Gasteiger partial charge in [0.25, 0.3) is 0 Å². The Balaban J connectivity index is 1.31. The largest absolute Gasteiger partial charge is 0.462 e. The van der Waals surface area contributed by atoms with E-state index in [1.54, 1.807) is 0 Å². The number of rotatable bonds is 3. The van der Waals surface area contributed by atoms with Crippen molar-refractivity contribution in [3.63, 3.8) is 0 Å². The zero-order valence-electron chi connectivity index (χ0n) is 25.6. The van der Waals surface area contributed by atoms with Gasteiger partial charge in [-0.05, 0) is 79.4 Å². The quantitative estimate of drug-likeness (QED) is 0.253. The monoisotopic (exact) mass is 572 g/mol. The molecule has 0 aromatic carbocycles. The first-order valence-electron chi connectivity index (χ1n) is 15.8. The topological polar surface area (TPSA) is 97.4 Å². The van der Waals surface area contributed by atoms with E-state index in [1.807, 2.05) is 0 Å². The Kier molecular flexibility index (Phi) is 7.16. The molecule has 0 amide bonds. The van der Waals surface area contributed by atoms with Gasteiger partial charge < -0.3 is 23.7 Å². The molecule has 0 N–H and O–H groups in total. The third kappa shape index (κ3) is 4.57. The zero-order valence-corrected chi connectivity index (χ0v) is 25.6. The van der Waals surface area contributed by atoms with Crippen molar-refractivity contribution in [2.75, 3.05) is 6.61 Å². The number of carbonyl (C=O) groups excluding carboxylic acids is 3. The number of hydrogen-bond donors (Lipinski definition) is 0. The molecule has 2 heterocycles. The molecule has 13 atom stereocenters. The van der Waals surface area contributed by atoms with Crippen LogP contribution >= 0.6 is 0 Å². The van der Waals surface area contributed by atoms with Crippen LogP contribution in [0.2, 0.25) is 0 Å². The Hall–Kier alpha value is -1.93. The van der Waals surface area contributed by atoms with Crippen LogP contribution in [0.15, 0.2) is 12.2 Å². The minimum atomic E-state index is -0.541. The molecule has 0 aromatic heterocycles. The fourth-order valence-electron chi connectivity index (χ4n) is 11.1. The summed E-state index contributed by atoms with van der Waals surface area (Å²) in [6, 6.07) is 0. The van der Waals surface area contributed by atoms with Crippen LogP contribution in [0, 0.1) is 46.3 Å². The summed E-state index contributed by atoms with van der Waals surface area (Å²) in [7, 11) is 0. The van der Waals surface area contributed by atoms with Crippen LogP contribution in [0.5, 0.6) is 0 Å². The predicted molar refractivity (Wildman–Crippen MR) is 149 cm³/mol. The van der Waals surface area contributed by atoms with Crippen molar-refractivity contribution < 1.29 is 38.1 Å². The van der Waals surface area contributed by atoms with E-state index in [2.05, 4.69) is 27.4 Å². The van der Waals surface area contributed by atoms with Gasteiger partial charge in [-0.1, -0.05) is 32.9 Å². The van der Waals surface area contributed by atoms with Gasteiger partial charge >= 0.3 is 17.9 Å². The molecule has 0 radical (unpaired) electrons. The SMILES string of the molecule is C=C1CC[C@@]2(OC1)O[C@H]1C[C@H]3[C@@H]4C[C@@H](OC(C)=O)[C@H]5C[C@@H](OC(C)=O)[C@H](OC(C)=O)C[C@]5(C)[C@H]4CC[C@]3(C)[C@H]1[C@@H]2C. The van der Waals surface area contributed by atoms with Gasteiger partial charge in [0, 0.05) is 39.0 Å². The summed E-state index contributed by atoms with van der Waals surface area (Å²) < 4.78 is 30.9. The fourth-order valence-corrected chi connectivity index (χ4v) is 11.1. The summed E-state index contributed by atoms with van der Waals surface area (Å²) in [6.45, 7) is 16.1. The second kappa shape index (κ2) is 10.1. The smallest absolute Gasteiger partial charge is 0.303 e. The summed E-state index contributed by atoms with van der Waals surface area (Å²) in [5, 5.41) is 0. The zero-order chi connectivity index (χ0) is 29.5. The Labute approximate surface area is 244 Å². The van der Waals surface area contributed by atoms with Crippen LogP contribution in [0.25, 0.3) is 0 Å². The van der Waals surface area contributed by atoms with Gasteiger partial charge in [0.2, 0.25) is 0 Å². The maximum atomic E-state index is 12.4. The van der Waals surface area contributed by atoms with Gasteiger partial charge in [-0.15, -0.1) is 0 Å². The lowest BCUT2D eigenvalue weighted by Crippen LogP contribution is -2.62. The molecule has 6 aliphatic rings. The number of fused-ring (bicyclic) bond motifs is 7. The van der Waals surface area contributed by atoms with Gasteiger partial charge in [-0.3, -0.25) is 14.4 Å². The highest BCUT2D eigenvalue weighted by Gasteiger charge is 2.70. The van der Waals surface area contributed by atoms with Crippen LogP contribution in [-0.2, 0) is 38.1 Å². The van der Waals surface area contributed by atoms with E-state index >= 15 is 0 Å². The Bertz CT molecular complexity index is 1110. The summed E-state index contributed by atoms with van der Waals surface area (Å²) in [6.07, 6.45) is 5.79. The Morgan fingerprint density at radius 1 is 0.829 bits per heavy atom. The Morgan fingerprint density at radius 2 is 1.49 bits per heavy atom. The number of hydrogen-bond acceptors (Lipinski definition) is 8. The maximum Gasteiger partial charge on any atom is 0.303 e. The van der Waals surface area contributed by atoms with E-state index in [0.29, 0.717) is 49.0 Å². The van der Waals surface area contributed by atoms with Crippen LogP contribution in [0.4, 0.5) is 0 Å². The van der Waals surface area contributed by atoms with Crippen molar-refractivity contribution in [3.05, 3.63) is 12.2 Å². The minimum absolute atomic E-state index is 0.0243. The summed E-state index contributed by atoms with van der Waals surface area (Å²) in [5.41, 5.74) is 1.03. The molecule has 8 heteroatoms. The molecule has 4 aliphatic carbocycles. The van der Waals surface area contributed by atoms with E-state index in [4.69, 9.17) is 23.7 Å². The summed E-state index contributed by atoms with van der Waals surface area (Å²) in [4.78, 5) is 36.5. The molecule has 4 saturated carbocycles. The van der Waals surface area contributed by atoms with Crippen molar-refractivity contribution >= 4 is 17.9 Å². The normalized spacial score (nSPS) is 50.2. The summed E-state index contributed by atoms with van der Waals surface area (Å²) in [5.74, 6) is 0.417. The third-order valence-electron chi connectivity index (χ3n) is 12.6. The highest BCUT2D eigenvalue weighted by molar-refractivity contribution is 5.67. The second-order valence-electron chi connectivity index (χ2n) is 14.7. The molecule has 2 saturated heterocycles. The molecule has 41 heavy (non-hydrogen) atoms. The van der Waals surface area contributed by atoms with Gasteiger partial charge in [-0.25, -0.2) is 0 Å². The number of ether oxygens (including phenoxy) is 5. The van der Waals surface area contributed by atoms with Crippen molar-refractivity contribution in [1.29, 1.82) is 0 Å². The average molecular weight is 573 g/mol. The molecule has 2 aliphatic heterocycles. The molecule has 6 rings (SSSR count). The van der Waals surface area contributed by atoms with Crippen LogP contribution in [0.1, 0.15) is 92.9 Å². The first-order chi connectivity index (χ1) is 19.3. The van der Waals surface area contributed by atoms with Gasteiger partial charge in [0.15, 0.2) is 5.79 Å². The van der Waals surface area contributed by atoms with E-state index in [-0.39, 0.29) is 40.9 Å². The van der Waals surface area contributed by atoms with Crippen molar-refractivity contribution in [3.8, 4) is 0 Å². The molecule has 1 spiro atoms. The second-order valence-corrected chi connectivity index (χ2v) is 14.7. The van der Waals surface area contributed by atoms with Crippen molar-refractivity contribution in [2.24, 2.45) is 46.3 Å². The lowest BCUT2D eigenvalue weighted by atomic mass is 9.43. The lowest BCUT2D eigenvalue weighted by Gasteiger charge is -2.63. The van der Waals surface area contributed by atoms with Gasteiger partial charge in [0.05, 0.1) is 12.7 Å². The fraction of sp³-hybridized carbons (Fsp3) is 0.848. The van der Waals surface area contributed by atoms with E-state index in [1.165, 1.54) is 20.8 Å². The van der Waals surface area contributed by atoms with E-state index in [0.717, 1.165) is 44.1 Å². The van der Waals surface area contributed by atoms with Gasteiger partial charge in [-0.2, -0.15) is 0 Å². The molecule has 0 unspecified atom stereocenters. The molecule has 8 nitrogen and oxygen atoms in total.